The summed E-state index contributed by atoms with van der Waals surface area (Å²) in [6.45, 7) is 0. The van der Waals surface area contributed by atoms with Crippen LogP contribution >= 0.6 is 0 Å². The van der Waals surface area contributed by atoms with E-state index in [-0.39, 0.29) is 11.3 Å². The second kappa shape index (κ2) is 3.66. The molecule has 15 heavy (non-hydrogen) atoms. The third-order valence-electron chi connectivity index (χ3n) is 1.79. The van der Waals surface area contributed by atoms with E-state index in [9.17, 15) is 13.2 Å². The van der Waals surface area contributed by atoms with Gasteiger partial charge in [-0.05, 0) is 12.1 Å². The average molecular weight is 223 g/mol. The van der Waals surface area contributed by atoms with E-state index in [2.05, 4.69) is 4.36 Å². The molecule has 0 saturated heterocycles. The molecule has 0 aliphatic carbocycles. The fourth-order valence-electron chi connectivity index (χ4n) is 1.21. The first-order chi connectivity index (χ1) is 7.16. The van der Waals surface area contributed by atoms with Gasteiger partial charge in [-0.1, -0.05) is 16.5 Å². The van der Waals surface area contributed by atoms with E-state index < -0.39 is 10.5 Å². The van der Waals surface area contributed by atoms with E-state index in [0.717, 1.165) is 6.07 Å². The van der Waals surface area contributed by atoms with Crippen LogP contribution < -0.4 is 5.43 Å². The number of rotatable bonds is 1. The molecule has 0 N–H and O–H groups in total. The maximum absolute atomic E-state index is 11.5. The molecule has 0 aliphatic heterocycles. The van der Waals surface area contributed by atoms with Crippen molar-refractivity contribution >= 4 is 27.4 Å². The molecule has 2 aromatic rings. The molecular weight excluding hydrogens is 218 g/mol. The van der Waals surface area contributed by atoms with Gasteiger partial charge in [0.2, 0.25) is 5.88 Å². The number of para-hydroxylation sites is 1. The number of hydrogen-bond donors (Lipinski definition) is 0. The van der Waals surface area contributed by atoms with Crippen molar-refractivity contribution in [3.63, 3.8) is 0 Å². The Morgan fingerprint density at radius 3 is 2.67 bits per heavy atom. The quantitative estimate of drug-likeness (QED) is 0.733. The van der Waals surface area contributed by atoms with Crippen LogP contribution in [0.15, 0.2) is 43.9 Å². The van der Waals surface area contributed by atoms with Crippen LogP contribution in [-0.4, -0.2) is 8.42 Å². The maximum atomic E-state index is 11.5. The molecule has 6 heteroatoms. The van der Waals surface area contributed by atoms with Crippen molar-refractivity contribution in [1.82, 2.24) is 0 Å². The molecule has 0 amide bonds. The fraction of sp³-hybridized carbons (Fsp3) is 0. The lowest BCUT2D eigenvalue weighted by molar-refractivity contribution is 0.603. The molecule has 5 nitrogen and oxygen atoms in total. The fourth-order valence-corrected chi connectivity index (χ4v) is 1.45. The van der Waals surface area contributed by atoms with E-state index in [1.165, 1.54) is 0 Å². The van der Waals surface area contributed by atoms with Gasteiger partial charge in [0.25, 0.3) is 0 Å². The van der Waals surface area contributed by atoms with Gasteiger partial charge in [0.05, 0.1) is 11.5 Å². The van der Waals surface area contributed by atoms with Crippen LogP contribution in [0.25, 0.3) is 11.0 Å². The van der Waals surface area contributed by atoms with Gasteiger partial charge in [0.15, 0.2) is 5.43 Å². The SMILES string of the molecule is O=c1cc(N=S(=O)=O)oc2ccccc12. The van der Waals surface area contributed by atoms with Crippen LogP contribution in [0.2, 0.25) is 0 Å². The van der Waals surface area contributed by atoms with Gasteiger partial charge in [-0.15, -0.1) is 0 Å². The summed E-state index contributed by atoms with van der Waals surface area (Å²) in [6, 6.07) is 7.59. The minimum absolute atomic E-state index is 0.216. The van der Waals surface area contributed by atoms with Crippen LogP contribution in [0.4, 0.5) is 5.88 Å². The highest BCUT2D eigenvalue weighted by Crippen LogP contribution is 2.16. The van der Waals surface area contributed by atoms with Gasteiger partial charge >= 0.3 is 10.5 Å². The Bertz CT molecular complexity index is 691. The molecule has 1 aromatic heterocycles. The van der Waals surface area contributed by atoms with Gasteiger partial charge in [-0.2, -0.15) is 8.42 Å². The summed E-state index contributed by atoms with van der Waals surface area (Å²) < 4.78 is 28.8. The van der Waals surface area contributed by atoms with E-state index in [4.69, 9.17) is 4.42 Å². The van der Waals surface area contributed by atoms with Gasteiger partial charge < -0.3 is 4.42 Å². The number of fused-ring (bicyclic) bond motifs is 1. The Morgan fingerprint density at radius 1 is 1.20 bits per heavy atom. The second-order valence-corrected chi connectivity index (χ2v) is 3.37. The zero-order valence-electron chi connectivity index (χ0n) is 7.38. The first-order valence-corrected chi connectivity index (χ1v) is 5.04. The molecule has 1 heterocycles. The molecule has 1 aromatic carbocycles. The van der Waals surface area contributed by atoms with Gasteiger partial charge in [0.1, 0.15) is 5.58 Å². The molecule has 2 rings (SSSR count). The van der Waals surface area contributed by atoms with Crippen molar-refractivity contribution in [2.45, 2.75) is 0 Å². The monoisotopic (exact) mass is 223 g/mol. The molecule has 0 unspecified atom stereocenters. The normalized spacial score (nSPS) is 10.1. The van der Waals surface area contributed by atoms with Crippen molar-refractivity contribution in [1.29, 1.82) is 0 Å². The van der Waals surface area contributed by atoms with Crippen LogP contribution in [-0.2, 0) is 10.5 Å². The Morgan fingerprint density at radius 2 is 1.93 bits per heavy atom. The Hall–Kier alpha value is -1.95. The third kappa shape index (κ3) is 1.94. The predicted molar refractivity (Wildman–Crippen MR) is 53.5 cm³/mol. The zero-order valence-corrected chi connectivity index (χ0v) is 8.19. The lowest BCUT2D eigenvalue weighted by Gasteiger charge is -1.95. The smallest absolute Gasteiger partial charge is 0.319 e. The van der Waals surface area contributed by atoms with Crippen molar-refractivity contribution in [2.24, 2.45) is 4.36 Å². The lowest BCUT2D eigenvalue weighted by atomic mass is 10.2. The Balaban J connectivity index is 2.84. The van der Waals surface area contributed by atoms with E-state index >= 15 is 0 Å². The first-order valence-electron chi connectivity index (χ1n) is 4.01. The summed E-state index contributed by atoms with van der Waals surface area (Å²) in [7, 11) is -2.63. The highest BCUT2D eigenvalue weighted by Gasteiger charge is 2.02. The van der Waals surface area contributed by atoms with E-state index in [0.29, 0.717) is 11.0 Å². The van der Waals surface area contributed by atoms with E-state index in [1.807, 2.05) is 0 Å². The van der Waals surface area contributed by atoms with Crippen molar-refractivity contribution in [2.75, 3.05) is 0 Å². The molecule has 0 spiro atoms. The van der Waals surface area contributed by atoms with Crippen LogP contribution in [0.1, 0.15) is 0 Å². The second-order valence-electron chi connectivity index (χ2n) is 2.75. The molecule has 0 radical (unpaired) electrons. The minimum Gasteiger partial charge on any atom is -0.437 e. The molecule has 0 bridgehead atoms. The van der Waals surface area contributed by atoms with Gasteiger partial charge in [0, 0.05) is 0 Å². The number of nitrogens with zero attached hydrogens (tertiary/aromatic N) is 1. The lowest BCUT2D eigenvalue weighted by Crippen LogP contribution is -1.97. The summed E-state index contributed by atoms with van der Waals surface area (Å²) >= 11 is 0. The highest BCUT2D eigenvalue weighted by molar-refractivity contribution is 7.61. The summed E-state index contributed by atoms with van der Waals surface area (Å²) in [4.78, 5) is 11.5. The summed E-state index contributed by atoms with van der Waals surface area (Å²) in [5, 5.41) is 0.396. The standard InChI is InChI=1S/C9H5NO4S/c11-7-5-9(10-15(12)13)14-8-4-2-1-3-6(7)8/h1-5H. The Labute approximate surface area is 85.7 Å². The third-order valence-corrected chi connectivity index (χ3v) is 2.12. The number of hydrogen-bond acceptors (Lipinski definition) is 5. The predicted octanol–water partition coefficient (Wildman–Crippen LogP) is 1.49. The van der Waals surface area contributed by atoms with Crippen LogP contribution in [0.5, 0.6) is 0 Å². The summed E-state index contributed by atoms with van der Waals surface area (Å²) in [6.07, 6.45) is 0. The minimum atomic E-state index is -2.63. The Kier molecular flexibility index (Phi) is 2.34. The molecule has 0 fully saturated rings. The van der Waals surface area contributed by atoms with Crippen LogP contribution in [0.3, 0.4) is 0 Å². The zero-order chi connectivity index (χ0) is 10.8. The summed E-state index contributed by atoms with van der Waals surface area (Å²) in [5.41, 5.74) is -0.00440. The van der Waals surface area contributed by atoms with E-state index in [1.54, 1.807) is 24.3 Å². The number of benzene rings is 1. The molecule has 0 atom stereocenters. The first kappa shape index (κ1) is 9.60. The van der Waals surface area contributed by atoms with Crippen molar-refractivity contribution in [3.05, 3.63) is 40.6 Å². The summed E-state index contributed by atoms with van der Waals surface area (Å²) in [5.74, 6) is -0.216. The van der Waals surface area contributed by atoms with Gasteiger partial charge in [-0.25, -0.2) is 0 Å². The average Bonchev–Trinajstić information content (AvgIpc) is 2.16. The van der Waals surface area contributed by atoms with Crippen molar-refractivity contribution in [3.8, 4) is 0 Å². The highest BCUT2D eigenvalue weighted by atomic mass is 32.2. The van der Waals surface area contributed by atoms with Gasteiger partial charge in [-0.3, -0.25) is 4.79 Å². The molecule has 0 saturated carbocycles. The molecule has 76 valence electrons. The van der Waals surface area contributed by atoms with Crippen LogP contribution in [0, 0.1) is 0 Å². The maximum Gasteiger partial charge on any atom is 0.319 e. The molecule has 0 aliphatic rings. The molecular formula is C9H5NO4S. The van der Waals surface area contributed by atoms with Crippen molar-refractivity contribution < 1.29 is 12.8 Å². The largest absolute Gasteiger partial charge is 0.437 e. The topological polar surface area (TPSA) is 76.7 Å².